The van der Waals surface area contributed by atoms with Crippen molar-refractivity contribution in [3.63, 3.8) is 0 Å². The molecule has 0 spiro atoms. The van der Waals surface area contributed by atoms with E-state index in [1.54, 1.807) is 0 Å². The van der Waals surface area contributed by atoms with Gasteiger partial charge in [-0.3, -0.25) is 0 Å². The Morgan fingerprint density at radius 3 is 1.38 bits per heavy atom. The zero-order valence-corrected chi connectivity index (χ0v) is 34.8. The first-order chi connectivity index (χ1) is 31.2. The zero-order valence-electron chi connectivity index (χ0n) is 34.8. The Balaban J connectivity index is 1.07. The monoisotopic (exact) mass is 809 g/mol. The molecule has 63 heavy (non-hydrogen) atoms. The molecule has 0 fully saturated rings. The van der Waals surface area contributed by atoms with Gasteiger partial charge in [0, 0.05) is 49.7 Å². The fourth-order valence-corrected chi connectivity index (χ4v) is 9.88. The summed E-state index contributed by atoms with van der Waals surface area (Å²) in [4.78, 5) is 2.48. The third kappa shape index (κ3) is 6.52. The van der Waals surface area contributed by atoms with Gasteiger partial charge in [-0.1, -0.05) is 170 Å². The summed E-state index contributed by atoms with van der Waals surface area (Å²) in [6.07, 6.45) is 15.6. The van der Waals surface area contributed by atoms with Gasteiger partial charge in [0.25, 0.3) is 0 Å². The fourth-order valence-electron chi connectivity index (χ4n) is 9.88. The van der Waals surface area contributed by atoms with Crippen molar-refractivity contribution in [2.45, 2.75) is 25.7 Å². The number of para-hydroxylation sites is 4. The number of hydrogen-bond acceptors (Lipinski definition) is 3. The SMILES string of the molecule is C1=CCCC(C2=CC=C(N(c3ccc(-c4cccc5c4oc4ccccc45)c(-c4ccccc4)c3)c3ccc(-c4cccc5c4oc4ccccc45)c(-c4ccccc4)c3)CC2)=C1. The van der Waals surface area contributed by atoms with Crippen molar-refractivity contribution >= 4 is 55.3 Å². The van der Waals surface area contributed by atoms with E-state index in [1.165, 1.54) is 16.8 Å². The van der Waals surface area contributed by atoms with Crippen molar-refractivity contribution in [3.8, 4) is 44.5 Å². The van der Waals surface area contributed by atoms with Crippen molar-refractivity contribution in [1.29, 1.82) is 0 Å². The average Bonchev–Trinajstić information content (AvgIpc) is 3.94. The second-order valence-electron chi connectivity index (χ2n) is 16.6. The van der Waals surface area contributed by atoms with Crippen molar-refractivity contribution < 1.29 is 8.83 Å². The summed E-state index contributed by atoms with van der Waals surface area (Å²) in [6.45, 7) is 0. The van der Waals surface area contributed by atoms with E-state index in [0.29, 0.717) is 0 Å². The second kappa shape index (κ2) is 15.5. The van der Waals surface area contributed by atoms with Gasteiger partial charge in [0.05, 0.1) is 0 Å². The van der Waals surface area contributed by atoms with E-state index in [2.05, 4.69) is 205 Å². The molecule has 0 bridgehead atoms. The van der Waals surface area contributed by atoms with E-state index in [4.69, 9.17) is 8.83 Å². The van der Waals surface area contributed by atoms with Crippen LogP contribution < -0.4 is 4.90 Å². The maximum Gasteiger partial charge on any atom is 0.143 e. The van der Waals surface area contributed by atoms with Crippen LogP contribution in [0.4, 0.5) is 11.4 Å². The quantitative estimate of drug-likeness (QED) is 0.153. The van der Waals surface area contributed by atoms with Crippen LogP contribution in [-0.2, 0) is 0 Å². The minimum atomic E-state index is 0.898. The highest BCUT2D eigenvalue weighted by Crippen LogP contribution is 2.47. The Bertz CT molecular complexity index is 3300. The maximum atomic E-state index is 6.64. The first-order valence-corrected chi connectivity index (χ1v) is 22.0. The lowest BCUT2D eigenvalue weighted by Gasteiger charge is -2.32. The van der Waals surface area contributed by atoms with E-state index in [9.17, 15) is 0 Å². The molecular formula is C60H43NO2. The zero-order chi connectivity index (χ0) is 41.7. The lowest BCUT2D eigenvalue weighted by Crippen LogP contribution is -2.18. The van der Waals surface area contributed by atoms with Crippen LogP contribution in [0.15, 0.2) is 238 Å². The van der Waals surface area contributed by atoms with Gasteiger partial charge in [-0.2, -0.15) is 0 Å². The predicted octanol–water partition coefficient (Wildman–Crippen LogP) is 17.2. The smallest absolute Gasteiger partial charge is 0.143 e. The van der Waals surface area contributed by atoms with Gasteiger partial charge >= 0.3 is 0 Å². The molecule has 2 aliphatic rings. The topological polar surface area (TPSA) is 29.5 Å². The van der Waals surface area contributed by atoms with Gasteiger partial charge in [0.15, 0.2) is 0 Å². The van der Waals surface area contributed by atoms with Crippen molar-refractivity contribution in [1.82, 2.24) is 0 Å². The average molecular weight is 810 g/mol. The Morgan fingerprint density at radius 2 is 0.873 bits per heavy atom. The highest BCUT2D eigenvalue weighted by atomic mass is 16.3. The van der Waals surface area contributed by atoms with E-state index in [-0.39, 0.29) is 0 Å². The summed E-state index contributed by atoms with van der Waals surface area (Å²) in [5.41, 5.74) is 19.0. The lowest BCUT2D eigenvalue weighted by molar-refractivity contribution is 0.669. The molecule has 0 N–H and O–H groups in total. The van der Waals surface area contributed by atoms with E-state index < -0.39 is 0 Å². The normalized spacial score (nSPS) is 14.0. The summed E-state index contributed by atoms with van der Waals surface area (Å²) in [5.74, 6) is 0. The minimum Gasteiger partial charge on any atom is -0.455 e. The first kappa shape index (κ1) is 36.9. The van der Waals surface area contributed by atoms with Gasteiger partial charge < -0.3 is 13.7 Å². The number of rotatable bonds is 8. The van der Waals surface area contributed by atoms with Crippen LogP contribution in [0.2, 0.25) is 0 Å². The molecule has 12 rings (SSSR count). The summed E-state index contributed by atoms with van der Waals surface area (Å²) >= 11 is 0. The van der Waals surface area contributed by atoms with Gasteiger partial charge in [0.1, 0.15) is 22.3 Å². The highest BCUT2D eigenvalue weighted by molar-refractivity contribution is 6.12. The van der Waals surface area contributed by atoms with Crippen LogP contribution in [0, 0.1) is 0 Å². The van der Waals surface area contributed by atoms with Crippen LogP contribution in [0.3, 0.4) is 0 Å². The molecule has 3 heteroatoms. The Kier molecular flexibility index (Phi) is 9.11. The second-order valence-corrected chi connectivity index (χ2v) is 16.6. The third-order valence-corrected chi connectivity index (χ3v) is 12.9. The molecule has 300 valence electrons. The standard InChI is InChI=1S/C60H43NO2/c1-4-16-40(17-5-1)41-30-32-44(33-31-41)61(45-34-36-47(55(38-45)42-18-6-2-7-19-42)51-24-14-26-53-49-22-10-12-28-57(49)62-59(51)53)46-35-37-48(56(39-46)43-20-8-3-9-21-43)52-25-15-27-54-50-23-11-13-29-58(50)63-60(52)54/h1-4,6-16,18-30,32,34-39H,5,17,31,33H2. The molecule has 0 aliphatic heterocycles. The highest BCUT2D eigenvalue weighted by Gasteiger charge is 2.24. The molecule has 2 heterocycles. The fraction of sp³-hybridized carbons (Fsp3) is 0.0667. The van der Waals surface area contributed by atoms with E-state index in [1.807, 2.05) is 12.1 Å². The molecule has 0 unspecified atom stereocenters. The van der Waals surface area contributed by atoms with Crippen molar-refractivity contribution in [2.24, 2.45) is 0 Å². The van der Waals surface area contributed by atoms with Gasteiger partial charge in [-0.25, -0.2) is 0 Å². The first-order valence-electron chi connectivity index (χ1n) is 22.0. The molecule has 0 radical (unpaired) electrons. The van der Waals surface area contributed by atoms with E-state index >= 15 is 0 Å². The number of benzene rings is 8. The van der Waals surface area contributed by atoms with Crippen molar-refractivity contribution in [2.75, 3.05) is 4.90 Å². The number of nitrogens with zero attached hydrogens (tertiary/aromatic N) is 1. The predicted molar refractivity (Wildman–Crippen MR) is 263 cm³/mol. The van der Waals surface area contributed by atoms with Crippen LogP contribution in [-0.4, -0.2) is 0 Å². The Labute approximate surface area is 366 Å². The van der Waals surface area contributed by atoms with Crippen LogP contribution in [0.25, 0.3) is 88.4 Å². The third-order valence-electron chi connectivity index (χ3n) is 12.9. The molecule has 3 nitrogen and oxygen atoms in total. The van der Waals surface area contributed by atoms with E-state index in [0.717, 1.165) is 125 Å². The van der Waals surface area contributed by atoms with Gasteiger partial charge in [0.2, 0.25) is 0 Å². The summed E-state index contributed by atoms with van der Waals surface area (Å²) in [5, 5.41) is 4.50. The molecular weight excluding hydrogens is 767 g/mol. The Hall–Kier alpha value is -7.88. The van der Waals surface area contributed by atoms with Gasteiger partial charge in [-0.05, 0) is 113 Å². The molecule has 0 saturated heterocycles. The number of furan rings is 2. The molecule has 8 aromatic carbocycles. The number of hydrogen-bond donors (Lipinski definition) is 0. The Morgan fingerprint density at radius 1 is 0.365 bits per heavy atom. The van der Waals surface area contributed by atoms with Crippen molar-refractivity contribution in [3.05, 3.63) is 229 Å². The van der Waals surface area contributed by atoms with Crippen LogP contribution in [0.1, 0.15) is 25.7 Å². The maximum absolute atomic E-state index is 6.64. The number of anilines is 2. The number of allylic oxidation sites excluding steroid dienone is 8. The number of fused-ring (bicyclic) bond motifs is 6. The molecule has 2 aromatic heterocycles. The summed E-state index contributed by atoms with van der Waals surface area (Å²) in [6, 6.07) is 65.2. The molecule has 0 atom stereocenters. The minimum absolute atomic E-state index is 0.898. The molecule has 2 aliphatic carbocycles. The molecule has 10 aromatic rings. The molecule has 0 saturated carbocycles. The van der Waals surface area contributed by atoms with Gasteiger partial charge in [-0.15, -0.1) is 0 Å². The summed E-state index contributed by atoms with van der Waals surface area (Å²) in [7, 11) is 0. The summed E-state index contributed by atoms with van der Waals surface area (Å²) < 4.78 is 13.3. The molecule has 0 amide bonds. The van der Waals surface area contributed by atoms with Crippen LogP contribution in [0.5, 0.6) is 0 Å². The lowest BCUT2D eigenvalue weighted by atomic mass is 9.89. The largest absolute Gasteiger partial charge is 0.455 e. The van der Waals surface area contributed by atoms with Crippen LogP contribution >= 0.6 is 0 Å².